The van der Waals surface area contributed by atoms with Crippen molar-refractivity contribution in [1.29, 1.82) is 0 Å². The SMILES string of the molecule is Nc1cnn(CC(=O)NCCn2ccnn2)c1. The van der Waals surface area contributed by atoms with Crippen molar-refractivity contribution in [3.05, 3.63) is 24.8 Å². The van der Waals surface area contributed by atoms with Gasteiger partial charge in [-0.25, -0.2) is 0 Å². The first-order valence-electron chi connectivity index (χ1n) is 5.13. The number of hydrogen-bond acceptors (Lipinski definition) is 5. The van der Waals surface area contributed by atoms with E-state index in [4.69, 9.17) is 5.73 Å². The van der Waals surface area contributed by atoms with Crippen LogP contribution in [0.25, 0.3) is 0 Å². The number of nitrogens with zero attached hydrogens (tertiary/aromatic N) is 5. The molecule has 1 amide bonds. The number of nitrogen functional groups attached to an aromatic ring is 1. The molecule has 2 rings (SSSR count). The van der Waals surface area contributed by atoms with Gasteiger partial charge in [0.25, 0.3) is 0 Å². The molecule has 2 aromatic rings. The second-order valence-corrected chi connectivity index (χ2v) is 3.49. The first kappa shape index (κ1) is 11.1. The van der Waals surface area contributed by atoms with Gasteiger partial charge < -0.3 is 11.1 Å². The molecule has 0 aliphatic carbocycles. The Bertz CT molecular complexity index is 475. The van der Waals surface area contributed by atoms with E-state index in [2.05, 4.69) is 20.7 Å². The minimum Gasteiger partial charge on any atom is -0.396 e. The van der Waals surface area contributed by atoms with E-state index in [0.717, 1.165) is 0 Å². The van der Waals surface area contributed by atoms with E-state index in [1.807, 2.05) is 0 Å². The highest BCUT2D eigenvalue weighted by atomic mass is 16.2. The average Bonchev–Trinajstić information content (AvgIpc) is 2.90. The fourth-order valence-corrected chi connectivity index (χ4v) is 1.33. The van der Waals surface area contributed by atoms with Gasteiger partial charge in [0, 0.05) is 18.9 Å². The quantitative estimate of drug-likeness (QED) is 0.682. The number of hydrogen-bond donors (Lipinski definition) is 2. The summed E-state index contributed by atoms with van der Waals surface area (Å²) in [5.41, 5.74) is 6.03. The zero-order valence-electron chi connectivity index (χ0n) is 9.15. The average molecular weight is 235 g/mol. The van der Waals surface area contributed by atoms with Gasteiger partial charge >= 0.3 is 0 Å². The van der Waals surface area contributed by atoms with Crippen LogP contribution in [0.4, 0.5) is 5.69 Å². The van der Waals surface area contributed by atoms with Crippen molar-refractivity contribution in [2.45, 2.75) is 13.1 Å². The topological polar surface area (TPSA) is 104 Å². The van der Waals surface area contributed by atoms with Crippen LogP contribution >= 0.6 is 0 Å². The molecule has 0 aromatic carbocycles. The summed E-state index contributed by atoms with van der Waals surface area (Å²) < 4.78 is 3.13. The van der Waals surface area contributed by atoms with Gasteiger partial charge in [-0.2, -0.15) is 5.10 Å². The molecule has 0 fully saturated rings. The van der Waals surface area contributed by atoms with Gasteiger partial charge in [0.15, 0.2) is 0 Å². The maximum absolute atomic E-state index is 11.5. The van der Waals surface area contributed by atoms with Crippen LogP contribution in [-0.4, -0.2) is 37.2 Å². The Morgan fingerprint density at radius 2 is 2.35 bits per heavy atom. The van der Waals surface area contributed by atoms with Gasteiger partial charge in [-0.3, -0.25) is 14.2 Å². The fraction of sp³-hybridized carbons (Fsp3) is 0.333. The van der Waals surface area contributed by atoms with E-state index in [1.54, 1.807) is 23.3 Å². The molecule has 8 nitrogen and oxygen atoms in total. The number of rotatable bonds is 5. The predicted octanol–water partition coefficient (Wildman–Crippen LogP) is -1.13. The first-order chi connectivity index (χ1) is 8.24. The Morgan fingerprint density at radius 3 is 3.00 bits per heavy atom. The lowest BCUT2D eigenvalue weighted by Crippen LogP contribution is -2.30. The van der Waals surface area contributed by atoms with Crippen molar-refractivity contribution in [3.8, 4) is 0 Å². The summed E-state index contributed by atoms with van der Waals surface area (Å²) in [6, 6.07) is 0. The zero-order valence-corrected chi connectivity index (χ0v) is 9.15. The van der Waals surface area contributed by atoms with Crippen molar-refractivity contribution in [1.82, 2.24) is 30.1 Å². The molecule has 0 spiro atoms. The second-order valence-electron chi connectivity index (χ2n) is 3.49. The van der Waals surface area contributed by atoms with Crippen molar-refractivity contribution in [2.24, 2.45) is 0 Å². The van der Waals surface area contributed by atoms with Crippen molar-refractivity contribution in [3.63, 3.8) is 0 Å². The van der Waals surface area contributed by atoms with Crippen LogP contribution in [0.5, 0.6) is 0 Å². The Kier molecular flexibility index (Phi) is 3.34. The standard InChI is InChI=1S/C9H13N7O/c10-8-5-13-16(6-8)7-9(17)11-1-3-15-4-2-12-14-15/h2,4-6H,1,3,7,10H2,(H,11,17). The van der Waals surface area contributed by atoms with Crippen LogP contribution < -0.4 is 11.1 Å². The number of carbonyl (C=O) groups excluding carboxylic acids is 1. The molecule has 8 heteroatoms. The predicted molar refractivity (Wildman–Crippen MR) is 59.7 cm³/mol. The van der Waals surface area contributed by atoms with E-state index >= 15 is 0 Å². The molecule has 3 N–H and O–H groups in total. The molecule has 0 bridgehead atoms. The second kappa shape index (κ2) is 5.10. The highest BCUT2D eigenvalue weighted by Gasteiger charge is 2.03. The third-order valence-corrected chi connectivity index (χ3v) is 2.09. The summed E-state index contributed by atoms with van der Waals surface area (Å²) in [4.78, 5) is 11.5. The summed E-state index contributed by atoms with van der Waals surface area (Å²) in [5, 5.41) is 14.1. The third-order valence-electron chi connectivity index (χ3n) is 2.09. The van der Waals surface area contributed by atoms with Crippen LogP contribution in [0.2, 0.25) is 0 Å². The maximum Gasteiger partial charge on any atom is 0.241 e. The fourth-order valence-electron chi connectivity index (χ4n) is 1.33. The number of anilines is 1. The molecule has 0 saturated heterocycles. The molecule has 17 heavy (non-hydrogen) atoms. The Hall–Kier alpha value is -2.38. The molecule has 0 aliphatic rings. The lowest BCUT2D eigenvalue weighted by molar-refractivity contribution is -0.121. The van der Waals surface area contributed by atoms with Gasteiger partial charge in [-0.15, -0.1) is 5.10 Å². The number of nitrogens with two attached hydrogens (primary N) is 1. The van der Waals surface area contributed by atoms with E-state index < -0.39 is 0 Å². The van der Waals surface area contributed by atoms with Crippen LogP contribution in [0.3, 0.4) is 0 Å². The Balaban J connectivity index is 1.71. The summed E-state index contributed by atoms with van der Waals surface area (Å²) in [6.07, 6.45) is 6.44. The smallest absolute Gasteiger partial charge is 0.241 e. The molecule has 0 atom stereocenters. The summed E-state index contributed by atoms with van der Waals surface area (Å²) >= 11 is 0. The molecule has 2 aromatic heterocycles. The van der Waals surface area contributed by atoms with E-state index in [1.165, 1.54) is 10.9 Å². The summed E-state index contributed by atoms with van der Waals surface area (Å²) in [5.74, 6) is -0.117. The lowest BCUT2D eigenvalue weighted by Gasteiger charge is -2.04. The molecular weight excluding hydrogens is 222 g/mol. The molecule has 0 unspecified atom stereocenters. The van der Waals surface area contributed by atoms with Crippen LogP contribution in [-0.2, 0) is 17.9 Å². The van der Waals surface area contributed by atoms with Gasteiger partial charge in [-0.1, -0.05) is 5.21 Å². The van der Waals surface area contributed by atoms with Gasteiger partial charge in [-0.05, 0) is 0 Å². The highest BCUT2D eigenvalue weighted by molar-refractivity contribution is 5.75. The van der Waals surface area contributed by atoms with Crippen LogP contribution in [0.15, 0.2) is 24.8 Å². The maximum atomic E-state index is 11.5. The van der Waals surface area contributed by atoms with Crippen LogP contribution in [0.1, 0.15) is 0 Å². The molecule has 90 valence electrons. The number of carbonyl (C=O) groups is 1. The Morgan fingerprint density at radius 1 is 1.47 bits per heavy atom. The van der Waals surface area contributed by atoms with Gasteiger partial charge in [0.05, 0.1) is 24.6 Å². The van der Waals surface area contributed by atoms with Crippen molar-refractivity contribution >= 4 is 11.6 Å². The van der Waals surface area contributed by atoms with E-state index in [9.17, 15) is 4.79 Å². The van der Waals surface area contributed by atoms with E-state index in [0.29, 0.717) is 18.8 Å². The monoisotopic (exact) mass is 235 g/mol. The van der Waals surface area contributed by atoms with Crippen molar-refractivity contribution in [2.75, 3.05) is 12.3 Å². The van der Waals surface area contributed by atoms with Crippen LogP contribution in [0, 0.1) is 0 Å². The van der Waals surface area contributed by atoms with Gasteiger partial charge in [0.1, 0.15) is 6.54 Å². The van der Waals surface area contributed by atoms with E-state index in [-0.39, 0.29) is 12.5 Å². The van der Waals surface area contributed by atoms with Crippen molar-refractivity contribution < 1.29 is 4.79 Å². The minimum absolute atomic E-state index is 0.117. The molecule has 2 heterocycles. The molecule has 0 saturated carbocycles. The lowest BCUT2D eigenvalue weighted by atomic mass is 10.5. The molecule has 0 aliphatic heterocycles. The number of aromatic nitrogens is 5. The third kappa shape index (κ3) is 3.30. The minimum atomic E-state index is -0.117. The Labute approximate surface area is 97.4 Å². The zero-order chi connectivity index (χ0) is 12.1. The highest BCUT2D eigenvalue weighted by Crippen LogP contribution is 1.96. The number of nitrogens with one attached hydrogen (secondary N) is 1. The molecule has 0 radical (unpaired) electrons. The summed E-state index contributed by atoms with van der Waals surface area (Å²) in [6.45, 7) is 1.25. The molecular formula is C9H13N7O. The van der Waals surface area contributed by atoms with Gasteiger partial charge in [0.2, 0.25) is 5.91 Å². The number of amides is 1. The first-order valence-corrected chi connectivity index (χ1v) is 5.13. The largest absolute Gasteiger partial charge is 0.396 e. The summed E-state index contributed by atoms with van der Waals surface area (Å²) in [7, 11) is 0. The normalized spacial score (nSPS) is 10.4.